The fourth-order valence-electron chi connectivity index (χ4n) is 11.1. The topological polar surface area (TPSA) is 34.1 Å². The first-order valence-corrected chi connectivity index (χ1v) is 26.2. The van der Waals surface area contributed by atoms with Crippen LogP contribution < -0.4 is 7.58 Å². The Morgan fingerprint density at radius 2 is 0.955 bits per heavy atom. The molecule has 0 radical (unpaired) electrons. The molecule has 12 rings (SSSR count). The number of hydrogen-bond acceptors (Lipinski definition) is 4. The molecule has 1 heterocycles. The highest BCUT2D eigenvalue weighted by Crippen LogP contribution is 2.50. The highest BCUT2D eigenvalue weighted by atomic mass is 35.6. The zero-order chi connectivity index (χ0) is 44.8. The molecule has 1 aliphatic carbocycles. The van der Waals surface area contributed by atoms with Gasteiger partial charge in [-0.1, -0.05) is 195 Å². The molecular weight excluding hydrogens is 855 g/mol. The van der Waals surface area contributed by atoms with Crippen LogP contribution in [-0.2, 0) is 6.54 Å². The molecule has 10 aromatic rings. The lowest BCUT2D eigenvalue weighted by Crippen LogP contribution is -2.42. The van der Waals surface area contributed by atoms with E-state index >= 15 is 0 Å². The quantitative estimate of drug-likeness (QED) is 0.165. The summed E-state index contributed by atoms with van der Waals surface area (Å²) < 4.78 is 14.9. The van der Waals surface area contributed by atoms with Gasteiger partial charge in [-0.05, 0) is 97.4 Å². The molecule has 1 saturated carbocycles. The fraction of sp³-hybridized carbons (Fsp3) is 0.131. The second-order valence-corrected chi connectivity index (χ2v) is 20.2. The molecule has 0 aromatic heterocycles. The van der Waals surface area contributed by atoms with E-state index in [-0.39, 0.29) is 12.1 Å². The number of fused-ring (bicyclic) bond motifs is 7. The van der Waals surface area contributed by atoms with Crippen molar-refractivity contribution in [3.63, 3.8) is 0 Å². The highest BCUT2D eigenvalue weighted by Gasteiger charge is 2.38. The number of likely N-dealkylation sites (N-methyl/N-ethyl adjacent to an activating group) is 1. The fourth-order valence-corrected chi connectivity index (χ4v) is 12.5. The molecule has 0 saturated heterocycles. The second kappa shape index (κ2) is 17.8. The maximum Gasteiger partial charge on any atom is 0.999 e. The standard InChI is InChI=1S/C61H50N2O2.Al.ClH/c1-63(39-47-37-45-25-11-15-29-51(45)59(61(47)65)57-49-27-13-9-23-43(49)33-35-53(57)41-20-6-3-7-21-41)55-31-17-16-30-54(55)62-38-46-36-44-24-10-14-28-50(44)58(60(46)64)56-48-26-12-8-22-42(48)32-34-52(56)40-18-4-2-5-19-40;;/h2-15,18-29,32-38,54-55,64-65H,16-17,30-31,39H2,1H3;;1H/q;+3;/p-3/t54-,55-;;/m0../s1. The lowest BCUT2D eigenvalue weighted by Gasteiger charge is -2.36. The lowest BCUT2D eigenvalue weighted by atomic mass is 9.85. The lowest BCUT2D eigenvalue weighted by molar-refractivity contribution is 0.163. The summed E-state index contributed by atoms with van der Waals surface area (Å²) in [5.74, 6) is 1.47. The van der Waals surface area contributed by atoms with Crippen LogP contribution in [0.25, 0.3) is 87.6 Å². The predicted molar refractivity (Wildman–Crippen MR) is 283 cm³/mol. The molecule has 10 aromatic carbocycles. The predicted octanol–water partition coefficient (Wildman–Crippen LogP) is 15.8. The third-order valence-corrected chi connectivity index (χ3v) is 15.5. The molecule has 2 atom stereocenters. The van der Waals surface area contributed by atoms with Crippen molar-refractivity contribution in [1.29, 1.82) is 0 Å². The molecule has 0 amide bonds. The van der Waals surface area contributed by atoms with Gasteiger partial charge in [-0.25, -0.2) is 0 Å². The van der Waals surface area contributed by atoms with Crippen LogP contribution in [-0.4, -0.2) is 44.1 Å². The van der Waals surface area contributed by atoms with Crippen molar-refractivity contribution in [2.45, 2.75) is 44.3 Å². The number of halogens is 1. The van der Waals surface area contributed by atoms with Gasteiger partial charge in [-0.2, -0.15) is 10.0 Å². The molecule has 1 aliphatic heterocycles. The van der Waals surface area contributed by atoms with Crippen LogP contribution in [0.1, 0.15) is 36.8 Å². The van der Waals surface area contributed by atoms with Crippen molar-refractivity contribution in [3.05, 3.63) is 205 Å². The first-order valence-electron chi connectivity index (χ1n) is 23.5. The Morgan fingerprint density at radius 3 is 1.54 bits per heavy atom. The second-order valence-electron chi connectivity index (χ2n) is 18.1. The van der Waals surface area contributed by atoms with Crippen molar-refractivity contribution in [3.8, 4) is 56.0 Å². The first-order chi connectivity index (χ1) is 33.1. The summed E-state index contributed by atoms with van der Waals surface area (Å²) in [5, 5.41) is 9.04. The molecule has 0 unspecified atom stereocenters. The maximum absolute atomic E-state index is 7.88. The molecular formula is C61H48AlClN2O2. The largest absolute Gasteiger partial charge is 0.999 e. The number of aliphatic imine (C=N–C) groups is 1. The first kappa shape index (κ1) is 41.7. The average molecular weight is 904 g/mol. The normalized spacial score (nSPS) is 16.6. The van der Waals surface area contributed by atoms with Gasteiger partial charge in [0.15, 0.2) is 0 Å². The monoisotopic (exact) mass is 902 g/mol. The third-order valence-electron chi connectivity index (χ3n) is 14.1. The van der Waals surface area contributed by atoms with E-state index in [1.54, 1.807) is 0 Å². The molecule has 1 fully saturated rings. The highest BCUT2D eigenvalue weighted by molar-refractivity contribution is 7.00. The average Bonchev–Trinajstić information content (AvgIpc) is 3.38. The summed E-state index contributed by atoms with van der Waals surface area (Å²) >= 11 is -3.17. The summed E-state index contributed by atoms with van der Waals surface area (Å²) in [6.07, 6.45) is 6.47. The molecule has 6 heteroatoms. The third kappa shape index (κ3) is 7.67. The van der Waals surface area contributed by atoms with E-state index in [1.165, 1.54) is 0 Å². The Kier molecular flexibility index (Phi) is 11.1. The van der Waals surface area contributed by atoms with E-state index in [9.17, 15) is 0 Å². The van der Waals surface area contributed by atoms with E-state index in [0.29, 0.717) is 12.3 Å². The minimum Gasteiger partial charge on any atom is -0.599 e. The molecule has 0 N–H and O–H groups in total. The van der Waals surface area contributed by atoms with Crippen molar-refractivity contribution in [1.82, 2.24) is 4.90 Å². The van der Waals surface area contributed by atoms with Gasteiger partial charge < -0.3 is 7.58 Å². The summed E-state index contributed by atoms with van der Waals surface area (Å²) in [4.78, 5) is 8.06. The van der Waals surface area contributed by atoms with Crippen LogP contribution in [0.15, 0.2) is 199 Å². The van der Waals surface area contributed by atoms with Crippen molar-refractivity contribution in [2.75, 3.05) is 7.05 Å². The van der Waals surface area contributed by atoms with E-state index in [2.05, 4.69) is 212 Å². The number of nitrogens with zero attached hydrogens (tertiary/aromatic N) is 2. The van der Waals surface area contributed by atoms with Crippen LogP contribution >= 0.6 is 10.0 Å². The number of rotatable bonds is 4. The van der Waals surface area contributed by atoms with Crippen LogP contribution in [0.4, 0.5) is 0 Å². The van der Waals surface area contributed by atoms with Gasteiger partial charge in [0, 0.05) is 52.2 Å². The van der Waals surface area contributed by atoms with Crippen molar-refractivity contribution < 1.29 is 7.58 Å². The van der Waals surface area contributed by atoms with Crippen LogP contribution in [0.2, 0.25) is 0 Å². The SMILES string of the molecule is CN1Cc2cc3ccccc3c(-c3c(-c4ccccc4)ccc4ccccc34)c2[O][Al]([Cl])[O]c2c(cc3ccccc3c2-c2c(-c3ccccc3)ccc3ccccc23)C=N[C@H]2CCCC[C@@H]21. The zero-order valence-corrected chi connectivity index (χ0v) is 39.3. The van der Waals surface area contributed by atoms with Gasteiger partial charge in [0.2, 0.25) is 0 Å². The molecule has 0 bridgehead atoms. The van der Waals surface area contributed by atoms with Gasteiger partial charge in [-0.3, -0.25) is 9.89 Å². The van der Waals surface area contributed by atoms with E-state index in [4.69, 9.17) is 22.6 Å². The Hall–Kier alpha value is -6.71. The van der Waals surface area contributed by atoms with E-state index < -0.39 is 13.9 Å². The van der Waals surface area contributed by atoms with Crippen molar-refractivity contribution >= 4 is 73.2 Å². The Balaban J connectivity index is 1.16. The minimum atomic E-state index is -3.17. The summed E-state index contributed by atoms with van der Waals surface area (Å²) in [5.41, 5.74) is 10.7. The van der Waals surface area contributed by atoms with Crippen LogP contribution in [0, 0.1) is 0 Å². The van der Waals surface area contributed by atoms with Gasteiger partial charge in [0.25, 0.3) is 0 Å². The molecule has 324 valence electrons. The Labute approximate surface area is 401 Å². The van der Waals surface area contributed by atoms with Crippen LogP contribution in [0.5, 0.6) is 11.5 Å². The van der Waals surface area contributed by atoms with Gasteiger partial charge in [0.1, 0.15) is 5.75 Å². The molecule has 0 spiro atoms. The summed E-state index contributed by atoms with van der Waals surface area (Å²) in [6.45, 7) is 0.659. The van der Waals surface area contributed by atoms with E-state index in [0.717, 1.165) is 130 Å². The van der Waals surface area contributed by atoms with Gasteiger partial charge in [-0.15, -0.1) is 0 Å². The zero-order valence-electron chi connectivity index (χ0n) is 37.4. The molecule has 4 nitrogen and oxygen atoms in total. The Bertz CT molecular complexity index is 3520. The summed E-state index contributed by atoms with van der Waals surface area (Å²) in [6, 6.07) is 70.0. The number of benzene rings is 10. The van der Waals surface area contributed by atoms with Crippen molar-refractivity contribution in [2.24, 2.45) is 4.99 Å². The van der Waals surface area contributed by atoms with E-state index in [1.807, 2.05) is 0 Å². The van der Waals surface area contributed by atoms with Gasteiger partial charge >= 0.3 is 13.9 Å². The van der Waals surface area contributed by atoms with Crippen LogP contribution in [0.3, 0.4) is 0 Å². The Morgan fingerprint density at radius 1 is 0.493 bits per heavy atom. The summed E-state index contributed by atoms with van der Waals surface area (Å²) in [7, 11) is 10.1. The van der Waals surface area contributed by atoms with Gasteiger partial charge in [0.05, 0.1) is 11.8 Å². The maximum atomic E-state index is 7.88. The smallest absolute Gasteiger partial charge is 0.599 e. The number of hydrogen-bond donors (Lipinski definition) is 0. The molecule has 67 heavy (non-hydrogen) atoms. The minimum absolute atomic E-state index is 0.0933. The molecule has 2 aliphatic rings.